The molecule has 2 aliphatic carbocycles. The molecule has 2 fully saturated rings. The molecule has 0 aromatic rings. The topological polar surface area (TPSA) is 12.0 Å². The second kappa shape index (κ2) is 3.52. The third-order valence-electron chi connectivity index (χ3n) is 4.37. The molecule has 2 rings (SSSR count). The Kier molecular flexibility index (Phi) is 2.63. The van der Waals surface area contributed by atoms with Crippen LogP contribution < -0.4 is 5.32 Å². The van der Waals surface area contributed by atoms with Gasteiger partial charge in [0, 0.05) is 12.1 Å². The molecule has 0 bridgehead atoms. The van der Waals surface area contributed by atoms with E-state index >= 15 is 0 Å². The highest BCUT2D eigenvalue weighted by atomic mass is 15.0. The number of hydrogen-bond donors (Lipinski definition) is 1. The molecule has 3 atom stereocenters. The van der Waals surface area contributed by atoms with Gasteiger partial charge in [0.15, 0.2) is 0 Å². The van der Waals surface area contributed by atoms with Crippen LogP contribution in [-0.2, 0) is 0 Å². The minimum atomic E-state index is 0.593. The van der Waals surface area contributed by atoms with Crippen LogP contribution >= 0.6 is 0 Å². The van der Waals surface area contributed by atoms with Crippen LogP contribution in [0.2, 0.25) is 0 Å². The van der Waals surface area contributed by atoms with Crippen molar-refractivity contribution in [2.75, 3.05) is 0 Å². The Morgan fingerprint density at radius 3 is 2.29 bits per heavy atom. The van der Waals surface area contributed by atoms with E-state index in [9.17, 15) is 0 Å². The molecular formula is C13H25N. The Morgan fingerprint density at radius 1 is 1.21 bits per heavy atom. The third-order valence-corrected chi connectivity index (χ3v) is 4.37. The lowest BCUT2D eigenvalue weighted by molar-refractivity contribution is 0.376. The first-order chi connectivity index (χ1) is 6.49. The lowest BCUT2D eigenvalue weighted by Gasteiger charge is -2.16. The molecule has 0 aliphatic heterocycles. The zero-order valence-electron chi connectivity index (χ0n) is 10.1. The van der Waals surface area contributed by atoms with Crippen LogP contribution in [0.15, 0.2) is 0 Å². The van der Waals surface area contributed by atoms with Gasteiger partial charge < -0.3 is 5.32 Å². The van der Waals surface area contributed by atoms with Gasteiger partial charge in [-0.05, 0) is 42.9 Å². The maximum atomic E-state index is 3.83. The molecule has 0 heterocycles. The minimum Gasteiger partial charge on any atom is -0.311 e. The summed E-state index contributed by atoms with van der Waals surface area (Å²) in [5.41, 5.74) is 0.593. The first kappa shape index (κ1) is 10.5. The molecule has 0 aromatic heterocycles. The van der Waals surface area contributed by atoms with E-state index in [1.807, 2.05) is 0 Å². The summed E-state index contributed by atoms with van der Waals surface area (Å²) in [6, 6.07) is 1.65. The normalized spacial score (nSPS) is 40.5. The van der Waals surface area contributed by atoms with Crippen molar-refractivity contribution in [3.63, 3.8) is 0 Å². The molecule has 3 unspecified atom stereocenters. The average molecular weight is 195 g/mol. The Bertz CT molecular complexity index is 207. The predicted molar refractivity (Wildman–Crippen MR) is 61.3 cm³/mol. The van der Waals surface area contributed by atoms with Crippen molar-refractivity contribution in [2.45, 2.75) is 65.5 Å². The summed E-state index contributed by atoms with van der Waals surface area (Å²) in [6.45, 7) is 9.49. The van der Waals surface area contributed by atoms with Crippen molar-refractivity contribution in [3.8, 4) is 0 Å². The molecule has 1 N–H and O–H groups in total. The van der Waals surface area contributed by atoms with Crippen molar-refractivity contribution in [2.24, 2.45) is 17.3 Å². The third kappa shape index (κ3) is 2.13. The van der Waals surface area contributed by atoms with Crippen LogP contribution in [0.4, 0.5) is 0 Å². The number of nitrogens with one attached hydrogen (secondary N) is 1. The van der Waals surface area contributed by atoms with Crippen molar-refractivity contribution in [3.05, 3.63) is 0 Å². The fraction of sp³-hybridized carbons (Fsp3) is 1.00. The summed E-state index contributed by atoms with van der Waals surface area (Å²) in [5.74, 6) is 1.86. The van der Waals surface area contributed by atoms with Crippen molar-refractivity contribution in [1.29, 1.82) is 0 Å². The van der Waals surface area contributed by atoms with E-state index in [1.165, 1.54) is 25.7 Å². The van der Waals surface area contributed by atoms with Gasteiger partial charge in [0.2, 0.25) is 0 Å². The van der Waals surface area contributed by atoms with E-state index in [4.69, 9.17) is 0 Å². The molecule has 1 nitrogen and oxygen atoms in total. The Labute approximate surface area is 88.7 Å². The molecule has 0 amide bonds. The van der Waals surface area contributed by atoms with E-state index < -0.39 is 0 Å². The fourth-order valence-electron chi connectivity index (χ4n) is 2.81. The monoisotopic (exact) mass is 195 g/mol. The van der Waals surface area contributed by atoms with Gasteiger partial charge >= 0.3 is 0 Å². The van der Waals surface area contributed by atoms with E-state index in [2.05, 4.69) is 33.0 Å². The summed E-state index contributed by atoms with van der Waals surface area (Å²) in [4.78, 5) is 0. The molecule has 2 aliphatic rings. The van der Waals surface area contributed by atoms with Crippen LogP contribution in [0.25, 0.3) is 0 Å². The largest absolute Gasteiger partial charge is 0.311 e. The minimum absolute atomic E-state index is 0.593. The maximum absolute atomic E-state index is 3.83. The quantitative estimate of drug-likeness (QED) is 0.729. The van der Waals surface area contributed by atoms with Gasteiger partial charge in [-0.15, -0.1) is 0 Å². The predicted octanol–water partition coefficient (Wildman–Crippen LogP) is 3.20. The maximum Gasteiger partial charge on any atom is 0.0127 e. The highest BCUT2D eigenvalue weighted by Gasteiger charge is 2.46. The van der Waals surface area contributed by atoms with Crippen LogP contribution in [0.5, 0.6) is 0 Å². The molecule has 82 valence electrons. The summed E-state index contributed by atoms with van der Waals surface area (Å²) >= 11 is 0. The molecule has 0 aromatic carbocycles. The lowest BCUT2D eigenvalue weighted by atomic mass is 9.94. The highest BCUT2D eigenvalue weighted by molar-refractivity contribution is 5.03. The summed E-state index contributed by atoms with van der Waals surface area (Å²) in [5, 5.41) is 3.83. The van der Waals surface area contributed by atoms with Crippen molar-refractivity contribution >= 4 is 0 Å². The SMILES string of the molecule is CC(C)C1CCC(NC2CC2(C)C)C1. The smallest absolute Gasteiger partial charge is 0.0127 e. The fourth-order valence-corrected chi connectivity index (χ4v) is 2.81. The Hall–Kier alpha value is -0.0400. The van der Waals surface area contributed by atoms with Crippen molar-refractivity contribution < 1.29 is 0 Å². The van der Waals surface area contributed by atoms with Gasteiger partial charge in [0.1, 0.15) is 0 Å². The van der Waals surface area contributed by atoms with Gasteiger partial charge in [-0.3, -0.25) is 0 Å². The Balaban J connectivity index is 1.75. The highest BCUT2D eigenvalue weighted by Crippen LogP contribution is 2.46. The summed E-state index contributed by atoms with van der Waals surface area (Å²) < 4.78 is 0. The molecule has 0 saturated heterocycles. The molecular weight excluding hydrogens is 170 g/mol. The standard InChI is InChI=1S/C13H25N/c1-9(2)10-5-6-11(7-10)14-12-8-13(12,3)4/h9-12,14H,5-8H2,1-4H3. The van der Waals surface area contributed by atoms with Gasteiger partial charge in [-0.25, -0.2) is 0 Å². The average Bonchev–Trinajstić information content (AvgIpc) is 2.51. The summed E-state index contributed by atoms with van der Waals surface area (Å²) in [6.07, 6.45) is 5.66. The first-order valence-corrected chi connectivity index (χ1v) is 6.25. The van der Waals surface area contributed by atoms with Crippen LogP contribution in [-0.4, -0.2) is 12.1 Å². The first-order valence-electron chi connectivity index (χ1n) is 6.25. The molecule has 1 heteroatoms. The molecule has 14 heavy (non-hydrogen) atoms. The van der Waals surface area contributed by atoms with E-state index in [0.717, 1.165) is 23.9 Å². The number of hydrogen-bond acceptors (Lipinski definition) is 1. The van der Waals surface area contributed by atoms with E-state index in [-0.39, 0.29) is 0 Å². The van der Waals surface area contributed by atoms with E-state index in [1.54, 1.807) is 0 Å². The van der Waals surface area contributed by atoms with Gasteiger partial charge in [0.25, 0.3) is 0 Å². The van der Waals surface area contributed by atoms with Crippen LogP contribution in [0.3, 0.4) is 0 Å². The summed E-state index contributed by atoms with van der Waals surface area (Å²) in [7, 11) is 0. The zero-order chi connectivity index (χ0) is 10.3. The zero-order valence-corrected chi connectivity index (χ0v) is 10.1. The Morgan fingerprint density at radius 2 is 1.86 bits per heavy atom. The van der Waals surface area contributed by atoms with Gasteiger partial charge in [-0.1, -0.05) is 27.7 Å². The van der Waals surface area contributed by atoms with Gasteiger partial charge in [-0.2, -0.15) is 0 Å². The molecule has 0 spiro atoms. The lowest BCUT2D eigenvalue weighted by Crippen LogP contribution is -2.31. The molecule has 0 radical (unpaired) electrons. The second-order valence-corrected chi connectivity index (χ2v) is 6.43. The van der Waals surface area contributed by atoms with Crippen LogP contribution in [0.1, 0.15) is 53.4 Å². The van der Waals surface area contributed by atoms with Crippen LogP contribution in [0, 0.1) is 17.3 Å². The van der Waals surface area contributed by atoms with E-state index in [0.29, 0.717) is 5.41 Å². The van der Waals surface area contributed by atoms with Gasteiger partial charge in [0.05, 0.1) is 0 Å². The number of rotatable bonds is 3. The van der Waals surface area contributed by atoms with Crippen molar-refractivity contribution in [1.82, 2.24) is 5.32 Å². The molecule has 2 saturated carbocycles. The second-order valence-electron chi connectivity index (χ2n) is 6.43.